The van der Waals surface area contributed by atoms with Gasteiger partial charge in [0.15, 0.2) is 0 Å². The van der Waals surface area contributed by atoms with Gasteiger partial charge in [-0.15, -0.1) is 0 Å². The predicted octanol–water partition coefficient (Wildman–Crippen LogP) is 4.10. The molecule has 0 bridgehead atoms. The first-order valence-corrected chi connectivity index (χ1v) is 7.38. The van der Waals surface area contributed by atoms with Gasteiger partial charge in [0.05, 0.1) is 12.7 Å². The van der Waals surface area contributed by atoms with Gasteiger partial charge >= 0.3 is 0 Å². The fourth-order valence-electron chi connectivity index (χ4n) is 3.50. The van der Waals surface area contributed by atoms with Crippen molar-refractivity contribution in [3.8, 4) is 5.75 Å². The van der Waals surface area contributed by atoms with E-state index in [1.54, 1.807) is 7.11 Å². The van der Waals surface area contributed by atoms with Crippen molar-refractivity contribution in [1.82, 2.24) is 0 Å². The second-order valence-electron chi connectivity index (χ2n) is 6.04. The molecule has 2 nitrogen and oxygen atoms in total. The summed E-state index contributed by atoms with van der Waals surface area (Å²) in [4.78, 5) is 0. The highest BCUT2D eigenvalue weighted by Gasteiger charge is 2.37. The minimum atomic E-state index is -0.700. The number of aryl methyl sites for hydroxylation is 2. The van der Waals surface area contributed by atoms with Crippen molar-refractivity contribution >= 4 is 0 Å². The van der Waals surface area contributed by atoms with Crippen molar-refractivity contribution in [1.29, 1.82) is 0 Å². The van der Waals surface area contributed by atoms with E-state index in [0.29, 0.717) is 0 Å². The molecule has 19 heavy (non-hydrogen) atoms. The van der Waals surface area contributed by atoms with E-state index in [2.05, 4.69) is 26.8 Å². The van der Waals surface area contributed by atoms with Gasteiger partial charge in [-0.05, 0) is 62.6 Å². The number of hydrogen-bond acceptors (Lipinski definition) is 2. The SMILES string of the molecule is CCC1CCC(O)(c2c(C)cc(C)cc2OC)CC1. The van der Waals surface area contributed by atoms with Crippen molar-refractivity contribution in [2.75, 3.05) is 7.11 Å². The van der Waals surface area contributed by atoms with Gasteiger partial charge in [-0.2, -0.15) is 0 Å². The van der Waals surface area contributed by atoms with Crippen molar-refractivity contribution in [3.63, 3.8) is 0 Å². The van der Waals surface area contributed by atoms with E-state index in [-0.39, 0.29) is 0 Å². The fraction of sp³-hybridized carbons (Fsp3) is 0.647. The zero-order chi connectivity index (χ0) is 14.0. The molecule has 1 fully saturated rings. The summed E-state index contributed by atoms with van der Waals surface area (Å²) < 4.78 is 5.52. The Bertz CT molecular complexity index is 443. The Labute approximate surface area is 116 Å². The number of methoxy groups -OCH3 is 1. The van der Waals surface area contributed by atoms with Crippen LogP contribution in [0.2, 0.25) is 0 Å². The van der Waals surface area contributed by atoms with E-state index in [0.717, 1.165) is 48.5 Å². The summed E-state index contributed by atoms with van der Waals surface area (Å²) >= 11 is 0. The first-order valence-electron chi connectivity index (χ1n) is 7.38. The van der Waals surface area contributed by atoms with Crippen LogP contribution in [-0.4, -0.2) is 12.2 Å². The van der Waals surface area contributed by atoms with Gasteiger partial charge in [0.25, 0.3) is 0 Å². The van der Waals surface area contributed by atoms with Gasteiger partial charge < -0.3 is 9.84 Å². The number of hydrogen-bond donors (Lipinski definition) is 1. The molecule has 0 unspecified atom stereocenters. The van der Waals surface area contributed by atoms with Crippen LogP contribution in [-0.2, 0) is 5.60 Å². The molecule has 0 spiro atoms. The Kier molecular flexibility index (Phi) is 4.19. The lowest BCUT2D eigenvalue weighted by molar-refractivity contribution is -0.0168. The lowest BCUT2D eigenvalue weighted by Gasteiger charge is -2.38. The van der Waals surface area contributed by atoms with Crippen molar-refractivity contribution in [2.24, 2.45) is 5.92 Å². The van der Waals surface area contributed by atoms with E-state index in [4.69, 9.17) is 4.74 Å². The molecule has 0 heterocycles. The zero-order valence-electron chi connectivity index (χ0n) is 12.6. The first kappa shape index (κ1) is 14.4. The Morgan fingerprint density at radius 2 is 1.89 bits per heavy atom. The van der Waals surface area contributed by atoms with Crippen molar-refractivity contribution < 1.29 is 9.84 Å². The van der Waals surface area contributed by atoms with Crippen LogP contribution in [0.4, 0.5) is 0 Å². The quantitative estimate of drug-likeness (QED) is 0.888. The summed E-state index contributed by atoms with van der Waals surface area (Å²) in [5.41, 5.74) is 2.64. The number of aliphatic hydroxyl groups is 1. The second-order valence-corrected chi connectivity index (χ2v) is 6.04. The van der Waals surface area contributed by atoms with Gasteiger partial charge in [0.1, 0.15) is 5.75 Å². The Morgan fingerprint density at radius 1 is 1.26 bits per heavy atom. The summed E-state index contributed by atoms with van der Waals surface area (Å²) in [5.74, 6) is 1.62. The van der Waals surface area contributed by atoms with Crippen LogP contribution in [0.3, 0.4) is 0 Å². The molecule has 1 aromatic carbocycles. The first-order chi connectivity index (χ1) is 9.00. The Balaban J connectivity index is 2.36. The molecule has 0 saturated heterocycles. The van der Waals surface area contributed by atoms with E-state index in [1.807, 2.05) is 6.07 Å². The third-order valence-electron chi connectivity index (χ3n) is 4.64. The fourth-order valence-corrected chi connectivity index (χ4v) is 3.50. The highest BCUT2D eigenvalue weighted by atomic mass is 16.5. The minimum Gasteiger partial charge on any atom is -0.496 e. The highest BCUT2D eigenvalue weighted by molar-refractivity contribution is 5.46. The van der Waals surface area contributed by atoms with Crippen LogP contribution < -0.4 is 4.74 Å². The summed E-state index contributed by atoms with van der Waals surface area (Å²) in [7, 11) is 1.69. The maximum absolute atomic E-state index is 11.1. The minimum absolute atomic E-state index is 0.700. The van der Waals surface area contributed by atoms with Gasteiger partial charge in [0, 0.05) is 5.56 Å². The molecule has 0 radical (unpaired) electrons. The van der Waals surface area contributed by atoms with Crippen LogP contribution in [0.25, 0.3) is 0 Å². The number of ether oxygens (including phenoxy) is 1. The third kappa shape index (κ3) is 2.79. The maximum Gasteiger partial charge on any atom is 0.125 e. The van der Waals surface area contributed by atoms with Gasteiger partial charge in [-0.25, -0.2) is 0 Å². The molecule has 1 aliphatic carbocycles. The van der Waals surface area contributed by atoms with E-state index >= 15 is 0 Å². The molecular weight excluding hydrogens is 236 g/mol. The molecule has 1 aliphatic rings. The molecule has 1 saturated carbocycles. The summed E-state index contributed by atoms with van der Waals surface area (Å²) in [6, 6.07) is 4.17. The third-order valence-corrected chi connectivity index (χ3v) is 4.64. The van der Waals surface area contributed by atoms with Crippen LogP contribution in [0.5, 0.6) is 5.75 Å². The summed E-state index contributed by atoms with van der Waals surface area (Å²) in [6.45, 7) is 6.39. The van der Waals surface area contributed by atoms with Crippen LogP contribution >= 0.6 is 0 Å². The Morgan fingerprint density at radius 3 is 2.42 bits per heavy atom. The zero-order valence-corrected chi connectivity index (χ0v) is 12.6. The second kappa shape index (κ2) is 5.54. The molecule has 1 aromatic rings. The largest absolute Gasteiger partial charge is 0.496 e. The van der Waals surface area contributed by atoms with Crippen molar-refractivity contribution in [2.45, 2.75) is 58.5 Å². The number of benzene rings is 1. The lowest BCUT2D eigenvalue weighted by atomic mass is 9.73. The molecule has 2 heteroatoms. The normalized spacial score (nSPS) is 27.3. The summed E-state index contributed by atoms with van der Waals surface area (Å²) in [6.07, 6.45) is 5.16. The standard InChI is InChI=1S/C17H26O2/c1-5-14-6-8-17(18,9-7-14)16-13(3)10-12(2)11-15(16)19-4/h10-11,14,18H,5-9H2,1-4H3. The van der Waals surface area contributed by atoms with E-state index in [9.17, 15) is 5.11 Å². The molecule has 0 aliphatic heterocycles. The highest BCUT2D eigenvalue weighted by Crippen LogP contribution is 2.45. The maximum atomic E-state index is 11.1. The summed E-state index contributed by atoms with van der Waals surface area (Å²) in [5, 5.41) is 11.1. The van der Waals surface area contributed by atoms with Gasteiger partial charge in [-0.3, -0.25) is 0 Å². The molecule has 0 aromatic heterocycles. The van der Waals surface area contributed by atoms with E-state index in [1.165, 1.54) is 12.0 Å². The number of rotatable bonds is 3. The average Bonchev–Trinajstić information content (AvgIpc) is 2.38. The average molecular weight is 262 g/mol. The van der Waals surface area contributed by atoms with Crippen LogP contribution in [0.1, 0.15) is 55.7 Å². The molecule has 0 atom stereocenters. The lowest BCUT2D eigenvalue weighted by Crippen LogP contribution is -2.32. The molecule has 1 N–H and O–H groups in total. The van der Waals surface area contributed by atoms with Crippen LogP contribution in [0.15, 0.2) is 12.1 Å². The molecule has 2 rings (SSSR count). The molecule has 106 valence electrons. The van der Waals surface area contributed by atoms with E-state index < -0.39 is 5.60 Å². The predicted molar refractivity (Wildman–Crippen MR) is 78.6 cm³/mol. The van der Waals surface area contributed by atoms with Gasteiger partial charge in [-0.1, -0.05) is 19.4 Å². The van der Waals surface area contributed by atoms with Gasteiger partial charge in [0.2, 0.25) is 0 Å². The van der Waals surface area contributed by atoms with Crippen LogP contribution in [0, 0.1) is 19.8 Å². The monoisotopic (exact) mass is 262 g/mol. The Hall–Kier alpha value is -1.02. The smallest absolute Gasteiger partial charge is 0.125 e. The van der Waals surface area contributed by atoms with Crippen molar-refractivity contribution in [3.05, 3.63) is 28.8 Å². The topological polar surface area (TPSA) is 29.5 Å². The molecular formula is C17H26O2. The molecule has 0 amide bonds.